The monoisotopic (exact) mass is 302 g/mol. The average Bonchev–Trinajstić information content (AvgIpc) is 2.85. The molecule has 1 aromatic heterocycles. The number of rotatable bonds is 5. The molecule has 0 amide bonds. The third-order valence-electron chi connectivity index (χ3n) is 3.91. The number of nitrogens with one attached hydrogen (secondary N) is 1. The SMILES string of the molecule is Cc1ncsc1C(C)Nc1ccc(C(C)C)cc1C(C)C. The number of thiazole rings is 1. The molecule has 0 fully saturated rings. The first-order valence-electron chi connectivity index (χ1n) is 7.70. The van der Waals surface area contributed by atoms with E-state index in [9.17, 15) is 0 Å². The Hall–Kier alpha value is -1.35. The highest BCUT2D eigenvalue weighted by Crippen LogP contribution is 2.32. The lowest BCUT2D eigenvalue weighted by molar-refractivity contribution is 0.823. The maximum absolute atomic E-state index is 4.35. The van der Waals surface area contributed by atoms with Gasteiger partial charge in [-0.05, 0) is 42.9 Å². The number of hydrogen-bond acceptors (Lipinski definition) is 3. The summed E-state index contributed by atoms with van der Waals surface area (Å²) in [5.41, 5.74) is 7.11. The molecule has 2 nitrogen and oxygen atoms in total. The van der Waals surface area contributed by atoms with Gasteiger partial charge in [-0.3, -0.25) is 0 Å². The molecule has 0 bridgehead atoms. The molecule has 3 heteroatoms. The van der Waals surface area contributed by atoms with Crippen molar-refractivity contribution in [2.45, 2.75) is 59.4 Å². The van der Waals surface area contributed by atoms with E-state index >= 15 is 0 Å². The molecule has 1 aromatic carbocycles. The van der Waals surface area contributed by atoms with Gasteiger partial charge in [-0.25, -0.2) is 4.98 Å². The van der Waals surface area contributed by atoms with Crippen LogP contribution < -0.4 is 5.32 Å². The number of aryl methyl sites for hydroxylation is 1. The van der Waals surface area contributed by atoms with E-state index in [-0.39, 0.29) is 0 Å². The highest BCUT2D eigenvalue weighted by molar-refractivity contribution is 7.09. The lowest BCUT2D eigenvalue weighted by atomic mass is 9.94. The number of anilines is 1. The predicted octanol–water partition coefficient (Wildman–Crippen LogP) is 5.87. The molecule has 0 radical (unpaired) electrons. The summed E-state index contributed by atoms with van der Waals surface area (Å²) >= 11 is 1.73. The van der Waals surface area contributed by atoms with Gasteiger partial charge >= 0.3 is 0 Å². The molecule has 1 N–H and O–H groups in total. The van der Waals surface area contributed by atoms with Crippen molar-refractivity contribution in [3.63, 3.8) is 0 Å². The van der Waals surface area contributed by atoms with Crippen molar-refractivity contribution in [1.29, 1.82) is 0 Å². The minimum Gasteiger partial charge on any atom is -0.377 e. The normalized spacial score (nSPS) is 13.0. The molecule has 0 spiro atoms. The highest BCUT2D eigenvalue weighted by atomic mass is 32.1. The summed E-state index contributed by atoms with van der Waals surface area (Å²) in [4.78, 5) is 5.67. The lowest BCUT2D eigenvalue weighted by Crippen LogP contribution is -2.09. The van der Waals surface area contributed by atoms with Crippen molar-refractivity contribution < 1.29 is 0 Å². The predicted molar refractivity (Wildman–Crippen MR) is 93.5 cm³/mol. The number of hydrogen-bond donors (Lipinski definition) is 1. The van der Waals surface area contributed by atoms with E-state index in [2.05, 4.69) is 70.0 Å². The summed E-state index contributed by atoms with van der Waals surface area (Å²) in [7, 11) is 0. The third-order valence-corrected chi connectivity index (χ3v) is 5.03. The summed E-state index contributed by atoms with van der Waals surface area (Å²) in [6.07, 6.45) is 0. The fraction of sp³-hybridized carbons (Fsp3) is 0.500. The zero-order valence-electron chi connectivity index (χ0n) is 13.9. The lowest BCUT2D eigenvalue weighted by Gasteiger charge is -2.21. The first-order chi connectivity index (χ1) is 9.90. The maximum atomic E-state index is 4.35. The van der Waals surface area contributed by atoms with Crippen LogP contribution in [-0.4, -0.2) is 4.98 Å². The van der Waals surface area contributed by atoms with Gasteiger partial charge < -0.3 is 5.32 Å². The van der Waals surface area contributed by atoms with E-state index in [1.807, 2.05) is 5.51 Å². The molecule has 2 aromatic rings. The van der Waals surface area contributed by atoms with Gasteiger partial charge in [0, 0.05) is 10.6 Å². The summed E-state index contributed by atoms with van der Waals surface area (Å²) in [6.45, 7) is 13.3. The number of nitrogens with zero attached hydrogens (tertiary/aromatic N) is 1. The van der Waals surface area contributed by atoms with Crippen LogP contribution in [-0.2, 0) is 0 Å². The Morgan fingerprint density at radius 1 is 1.05 bits per heavy atom. The second kappa shape index (κ2) is 6.61. The molecular formula is C18H26N2S. The Morgan fingerprint density at radius 3 is 2.29 bits per heavy atom. The third kappa shape index (κ3) is 3.65. The van der Waals surface area contributed by atoms with Gasteiger partial charge in [0.15, 0.2) is 0 Å². The zero-order valence-corrected chi connectivity index (χ0v) is 14.7. The molecule has 21 heavy (non-hydrogen) atoms. The summed E-state index contributed by atoms with van der Waals surface area (Å²) in [5, 5.41) is 3.67. The molecule has 2 rings (SSSR count). The Morgan fingerprint density at radius 2 is 1.76 bits per heavy atom. The van der Waals surface area contributed by atoms with Crippen LogP contribution in [0.2, 0.25) is 0 Å². The van der Waals surface area contributed by atoms with Crippen LogP contribution >= 0.6 is 11.3 Å². The van der Waals surface area contributed by atoms with E-state index in [0.29, 0.717) is 17.9 Å². The van der Waals surface area contributed by atoms with Gasteiger partial charge in [-0.1, -0.05) is 39.8 Å². The Balaban J connectivity index is 2.29. The summed E-state index contributed by atoms with van der Waals surface area (Å²) in [5.74, 6) is 1.08. The quantitative estimate of drug-likeness (QED) is 0.747. The fourth-order valence-electron chi connectivity index (χ4n) is 2.57. The van der Waals surface area contributed by atoms with Crippen LogP contribution in [0.4, 0.5) is 5.69 Å². The zero-order chi connectivity index (χ0) is 15.6. The second-order valence-corrected chi connectivity index (χ2v) is 7.21. The van der Waals surface area contributed by atoms with Gasteiger partial charge in [0.2, 0.25) is 0 Å². The van der Waals surface area contributed by atoms with Crippen LogP contribution in [0.3, 0.4) is 0 Å². The van der Waals surface area contributed by atoms with E-state index in [1.165, 1.54) is 21.7 Å². The smallest absolute Gasteiger partial charge is 0.0798 e. The van der Waals surface area contributed by atoms with Crippen molar-refractivity contribution in [2.24, 2.45) is 0 Å². The van der Waals surface area contributed by atoms with E-state index < -0.39 is 0 Å². The first-order valence-corrected chi connectivity index (χ1v) is 8.58. The van der Waals surface area contributed by atoms with Gasteiger partial charge in [-0.15, -0.1) is 11.3 Å². The number of aromatic nitrogens is 1. The molecule has 0 aliphatic heterocycles. The molecular weight excluding hydrogens is 276 g/mol. The average molecular weight is 302 g/mol. The minimum absolute atomic E-state index is 0.292. The van der Waals surface area contributed by atoms with Crippen molar-refractivity contribution in [2.75, 3.05) is 5.32 Å². The second-order valence-electron chi connectivity index (χ2n) is 6.32. The van der Waals surface area contributed by atoms with Crippen molar-refractivity contribution in [1.82, 2.24) is 4.98 Å². The molecule has 0 saturated heterocycles. The molecule has 1 unspecified atom stereocenters. The van der Waals surface area contributed by atoms with E-state index in [1.54, 1.807) is 11.3 Å². The van der Waals surface area contributed by atoms with Gasteiger partial charge in [0.25, 0.3) is 0 Å². The maximum Gasteiger partial charge on any atom is 0.0798 e. The van der Waals surface area contributed by atoms with Crippen LogP contribution in [0, 0.1) is 6.92 Å². The van der Waals surface area contributed by atoms with Gasteiger partial charge in [0.1, 0.15) is 0 Å². The fourth-order valence-corrected chi connectivity index (χ4v) is 3.39. The van der Waals surface area contributed by atoms with Crippen molar-refractivity contribution >= 4 is 17.0 Å². The van der Waals surface area contributed by atoms with Crippen LogP contribution in [0.25, 0.3) is 0 Å². The van der Waals surface area contributed by atoms with Crippen molar-refractivity contribution in [3.8, 4) is 0 Å². The molecule has 114 valence electrons. The van der Waals surface area contributed by atoms with Gasteiger partial charge in [-0.2, -0.15) is 0 Å². The standard InChI is InChI=1S/C18H26N2S/c1-11(2)15-7-8-17(16(9-15)12(3)4)20-14(6)18-13(5)19-10-21-18/h7-12,14,20H,1-6H3. The van der Waals surface area contributed by atoms with Gasteiger partial charge in [0.05, 0.1) is 17.2 Å². The Kier molecular flexibility index (Phi) is 5.04. The minimum atomic E-state index is 0.292. The summed E-state index contributed by atoms with van der Waals surface area (Å²) < 4.78 is 0. The van der Waals surface area contributed by atoms with E-state index in [4.69, 9.17) is 0 Å². The van der Waals surface area contributed by atoms with Crippen LogP contribution in [0.5, 0.6) is 0 Å². The largest absolute Gasteiger partial charge is 0.377 e. The molecule has 1 atom stereocenters. The molecule has 0 aliphatic carbocycles. The molecule has 0 saturated carbocycles. The number of benzene rings is 1. The molecule has 0 aliphatic rings. The summed E-state index contributed by atoms with van der Waals surface area (Å²) in [6, 6.07) is 7.12. The highest BCUT2D eigenvalue weighted by Gasteiger charge is 2.15. The Bertz CT molecular complexity index is 599. The van der Waals surface area contributed by atoms with Crippen molar-refractivity contribution in [3.05, 3.63) is 45.4 Å². The van der Waals surface area contributed by atoms with Crippen LogP contribution in [0.1, 0.15) is 74.2 Å². The van der Waals surface area contributed by atoms with E-state index in [0.717, 1.165) is 5.69 Å². The van der Waals surface area contributed by atoms with Crippen LogP contribution in [0.15, 0.2) is 23.7 Å². The topological polar surface area (TPSA) is 24.9 Å². The first kappa shape index (κ1) is 16.0. The molecule has 1 heterocycles. The Labute approximate surface area is 132 Å².